The van der Waals surface area contributed by atoms with E-state index in [1.165, 1.54) is 11.8 Å². The fourth-order valence-electron chi connectivity index (χ4n) is 2.05. The maximum atomic E-state index is 13.2. The topological polar surface area (TPSA) is 81.9 Å². The summed E-state index contributed by atoms with van der Waals surface area (Å²) in [6, 6.07) is 1.35. The predicted molar refractivity (Wildman–Crippen MR) is 73.0 cm³/mol. The first-order valence-corrected chi connectivity index (χ1v) is 6.72. The van der Waals surface area contributed by atoms with Crippen LogP contribution in [0.25, 0.3) is 0 Å². The maximum Gasteiger partial charge on any atom is 0.341 e. The van der Waals surface area contributed by atoms with Gasteiger partial charge in [-0.1, -0.05) is 0 Å². The van der Waals surface area contributed by atoms with E-state index in [-0.39, 0.29) is 17.2 Å². The van der Waals surface area contributed by atoms with Crippen LogP contribution in [0.5, 0.6) is 0 Å². The number of anilines is 1. The molecule has 2 N–H and O–H groups in total. The van der Waals surface area contributed by atoms with Crippen molar-refractivity contribution in [1.29, 1.82) is 0 Å². The first kappa shape index (κ1) is 16.2. The normalized spacial score (nSPS) is 16.2. The summed E-state index contributed by atoms with van der Waals surface area (Å²) in [5.41, 5.74) is 4.89. The van der Waals surface area contributed by atoms with E-state index in [2.05, 4.69) is 0 Å². The molecule has 6 nitrogen and oxygen atoms in total. The van der Waals surface area contributed by atoms with Gasteiger partial charge in [-0.25, -0.2) is 13.6 Å². The molecular formula is C14H16F2N2O4. The van der Waals surface area contributed by atoms with Crippen LogP contribution in [0, 0.1) is 11.6 Å². The lowest BCUT2D eigenvalue weighted by atomic mass is 10.1. The number of nitrogen functional groups attached to an aromatic ring is 1. The van der Waals surface area contributed by atoms with Crippen LogP contribution >= 0.6 is 0 Å². The van der Waals surface area contributed by atoms with Gasteiger partial charge in [-0.15, -0.1) is 0 Å². The molecule has 0 saturated carbocycles. The molecule has 0 aromatic heterocycles. The minimum absolute atomic E-state index is 0.255. The summed E-state index contributed by atoms with van der Waals surface area (Å²) < 4.78 is 36.3. The van der Waals surface area contributed by atoms with Gasteiger partial charge in [0.05, 0.1) is 18.8 Å². The molecule has 1 heterocycles. The van der Waals surface area contributed by atoms with Crippen molar-refractivity contribution < 1.29 is 27.8 Å². The predicted octanol–water partition coefficient (Wildman–Crippen LogP) is 0.951. The number of rotatable bonds is 3. The lowest BCUT2D eigenvalue weighted by molar-refractivity contribution is -0.143. The zero-order valence-electron chi connectivity index (χ0n) is 12.0. The summed E-state index contributed by atoms with van der Waals surface area (Å²) >= 11 is 0. The highest BCUT2D eigenvalue weighted by atomic mass is 19.2. The SMILES string of the molecule is C[C@H](OC(=O)c1cc(F)c(F)cc1N)C(=O)N1CCOCC1. The average Bonchev–Trinajstić information content (AvgIpc) is 2.50. The van der Waals surface area contributed by atoms with Crippen molar-refractivity contribution in [3.8, 4) is 0 Å². The lowest BCUT2D eigenvalue weighted by Crippen LogP contribution is -2.46. The molecule has 8 heteroatoms. The Hall–Kier alpha value is -2.22. The number of esters is 1. The second-order valence-electron chi connectivity index (χ2n) is 4.84. The molecule has 1 aliphatic heterocycles. The van der Waals surface area contributed by atoms with E-state index in [9.17, 15) is 18.4 Å². The monoisotopic (exact) mass is 314 g/mol. The number of morpholine rings is 1. The van der Waals surface area contributed by atoms with Crippen LogP contribution in [-0.2, 0) is 14.3 Å². The van der Waals surface area contributed by atoms with Crippen molar-refractivity contribution >= 4 is 17.6 Å². The molecule has 0 unspecified atom stereocenters. The van der Waals surface area contributed by atoms with E-state index < -0.39 is 23.7 Å². The number of amides is 1. The molecule has 0 bridgehead atoms. The van der Waals surface area contributed by atoms with Gasteiger partial charge in [-0.3, -0.25) is 4.79 Å². The Kier molecular flexibility index (Phi) is 4.92. The second-order valence-corrected chi connectivity index (χ2v) is 4.84. The zero-order chi connectivity index (χ0) is 16.3. The van der Waals surface area contributed by atoms with Crippen molar-refractivity contribution in [2.24, 2.45) is 0 Å². The van der Waals surface area contributed by atoms with Crippen LogP contribution in [0.4, 0.5) is 14.5 Å². The van der Waals surface area contributed by atoms with Crippen LogP contribution in [-0.4, -0.2) is 49.2 Å². The fraction of sp³-hybridized carbons (Fsp3) is 0.429. The highest BCUT2D eigenvalue weighted by molar-refractivity contribution is 5.96. The molecule has 1 fully saturated rings. The number of nitrogens with zero attached hydrogens (tertiary/aromatic N) is 1. The highest BCUT2D eigenvalue weighted by Gasteiger charge is 2.26. The van der Waals surface area contributed by atoms with Gasteiger partial charge < -0.3 is 20.1 Å². The maximum absolute atomic E-state index is 13.2. The average molecular weight is 314 g/mol. The number of nitrogens with two attached hydrogens (primary N) is 1. The molecule has 1 aromatic rings. The smallest absolute Gasteiger partial charge is 0.341 e. The largest absolute Gasteiger partial charge is 0.449 e. The van der Waals surface area contributed by atoms with Gasteiger partial charge in [-0.2, -0.15) is 0 Å². The third-order valence-electron chi connectivity index (χ3n) is 3.27. The summed E-state index contributed by atoms with van der Waals surface area (Å²) in [6.45, 7) is 3.07. The minimum atomic E-state index is -1.21. The number of carbonyl (C=O) groups excluding carboxylic acids is 2. The standard InChI is InChI=1S/C14H16F2N2O4/c1-8(13(19)18-2-4-21-5-3-18)22-14(20)9-6-10(15)11(16)7-12(9)17/h6-8H,2-5,17H2,1H3/t8-/m0/s1. The molecule has 1 saturated heterocycles. The third kappa shape index (κ3) is 3.51. The molecule has 1 aliphatic rings. The number of ether oxygens (including phenoxy) is 2. The van der Waals surface area contributed by atoms with Crippen LogP contribution in [0.15, 0.2) is 12.1 Å². The minimum Gasteiger partial charge on any atom is -0.449 e. The number of carbonyl (C=O) groups is 2. The van der Waals surface area contributed by atoms with Crippen LogP contribution in [0.3, 0.4) is 0 Å². The molecule has 1 aromatic carbocycles. The number of benzene rings is 1. The van der Waals surface area contributed by atoms with Crippen molar-refractivity contribution in [3.63, 3.8) is 0 Å². The molecule has 1 amide bonds. The van der Waals surface area contributed by atoms with Gasteiger partial charge in [0.2, 0.25) is 0 Å². The second kappa shape index (κ2) is 6.69. The van der Waals surface area contributed by atoms with Crippen molar-refractivity contribution in [2.75, 3.05) is 32.0 Å². The summed E-state index contributed by atoms with van der Waals surface area (Å²) in [4.78, 5) is 25.5. The van der Waals surface area contributed by atoms with Gasteiger partial charge in [0.1, 0.15) is 0 Å². The molecule has 2 rings (SSSR count). The van der Waals surface area contributed by atoms with E-state index in [0.29, 0.717) is 38.4 Å². The number of hydrogen-bond acceptors (Lipinski definition) is 5. The molecule has 0 spiro atoms. The molecule has 120 valence electrons. The summed E-state index contributed by atoms with van der Waals surface area (Å²) in [7, 11) is 0. The molecule has 0 radical (unpaired) electrons. The molecule has 1 atom stereocenters. The quantitative estimate of drug-likeness (QED) is 0.663. The molecular weight excluding hydrogens is 298 g/mol. The van der Waals surface area contributed by atoms with Gasteiger partial charge >= 0.3 is 5.97 Å². The summed E-state index contributed by atoms with van der Waals surface area (Å²) in [6.07, 6.45) is -1.06. The zero-order valence-corrected chi connectivity index (χ0v) is 12.0. The van der Waals surface area contributed by atoms with Crippen molar-refractivity contribution in [1.82, 2.24) is 4.90 Å². The van der Waals surface area contributed by atoms with E-state index in [0.717, 1.165) is 0 Å². The first-order chi connectivity index (χ1) is 10.4. The Balaban J connectivity index is 2.04. The molecule has 0 aliphatic carbocycles. The van der Waals surface area contributed by atoms with Crippen molar-refractivity contribution in [3.05, 3.63) is 29.3 Å². The fourth-order valence-corrected chi connectivity index (χ4v) is 2.05. The van der Waals surface area contributed by atoms with Gasteiger partial charge in [0, 0.05) is 24.8 Å². The Labute approximate surface area is 125 Å². The van der Waals surface area contributed by atoms with E-state index in [1.54, 1.807) is 0 Å². The van der Waals surface area contributed by atoms with Crippen LogP contribution in [0.2, 0.25) is 0 Å². The Morgan fingerprint density at radius 1 is 1.27 bits per heavy atom. The van der Waals surface area contributed by atoms with Crippen LogP contribution < -0.4 is 5.73 Å². The summed E-state index contributed by atoms with van der Waals surface area (Å²) in [5.74, 6) is -3.73. The van der Waals surface area contributed by atoms with Gasteiger partial charge in [0.25, 0.3) is 5.91 Å². The van der Waals surface area contributed by atoms with Crippen LogP contribution in [0.1, 0.15) is 17.3 Å². The Bertz CT molecular complexity index is 588. The van der Waals surface area contributed by atoms with E-state index in [1.807, 2.05) is 0 Å². The highest BCUT2D eigenvalue weighted by Crippen LogP contribution is 2.19. The third-order valence-corrected chi connectivity index (χ3v) is 3.27. The lowest BCUT2D eigenvalue weighted by Gasteiger charge is -2.29. The Morgan fingerprint density at radius 2 is 1.86 bits per heavy atom. The van der Waals surface area contributed by atoms with Gasteiger partial charge in [0.15, 0.2) is 17.7 Å². The number of hydrogen-bond donors (Lipinski definition) is 1. The van der Waals surface area contributed by atoms with E-state index in [4.69, 9.17) is 15.2 Å². The first-order valence-electron chi connectivity index (χ1n) is 6.72. The molecule has 22 heavy (non-hydrogen) atoms. The van der Waals surface area contributed by atoms with Gasteiger partial charge in [-0.05, 0) is 13.0 Å². The summed E-state index contributed by atoms with van der Waals surface area (Å²) in [5, 5.41) is 0. The Morgan fingerprint density at radius 3 is 2.50 bits per heavy atom. The number of halogens is 2. The van der Waals surface area contributed by atoms with Crippen molar-refractivity contribution in [2.45, 2.75) is 13.0 Å². The van der Waals surface area contributed by atoms with E-state index >= 15 is 0 Å².